The van der Waals surface area contributed by atoms with Crippen LogP contribution >= 0.6 is 11.8 Å². The first kappa shape index (κ1) is 26.5. The summed E-state index contributed by atoms with van der Waals surface area (Å²) in [5.41, 5.74) is 1.71. The van der Waals surface area contributed by atoms with Crippen molar-refractivity contribution in [3.63, 3.8) is 0 Å². The van der Waals surface area contributed by atoms with E-state index in [4.69, 9.17) is 0 Å². The van der Waals surface area contributed by atoms with Gasteiger partial charge in [-0.05, 0) is 22.8 Å². The van der Waals surface area contributed by atoms with E-state index in [9.17, 15) is 24.3 Å². The van der Waals surface area contributed by atoms with E-state index in [-0.39, 0.29) is 35.7 Å². The van der Waals surface area contributed by atoms with Crippen molar-refractivity contribution in [1.82, 2.24) is 25.5 Å². The molecule has 0 saturated heterocycles. The first-order valence-electron chi connectivity index (χ1n) is 11.1. The fourth-order valence-corrected chi connectivity index (χ4v) is 4.04. The predicted octanol–water partition coefficient (Wildman–Crippen LogP) is 1.56. The Kier molecular flexibility index (Phi) is 9.69. The van der Waals surface area contributed by atoms with Crippen LogP contribution in [0.1, 0.15) is 18.1 Å². The first-order valence-corrected chi connectivity index (χ1v) is 12.1. The Morgan fingerprint density at radius 2 is 1.58 bits per heavy atom. The van der Waals surface area contributed by atoms with Crippen molar-refractivity contribution in [2.75, 3.05) is 11.1 Å². The number of carboxylic acid groups (broad SMARTS) is 1. The van der Waals surface area contributed by atoms with E-state index in [0.717, 1.165) is 27.7 Å². The molecule has 12 heteroatoms. The van der Waals surface area contributed by atoms with E-state index in [1.54, 1.807) is 24.3 Å². The minimum atomic E-state index is -1.17. The third kappa shape index (κ3) is 8.62. The summed E-state index contributed by atoms with van der Waals surface area (Å²) in [6.45, 7) is 1.06. The van der Waals surface area contributed by atoms with Gasteiger partial charge in [0, 0.05) is 19.1 Å². The number of benzene rings is 2. The third-order valence-electron chi connectivity index (χ3n) is 5.07. The fraction of sp³-hybridized carbons (Fsp3) is 0.292. The molecule has 0 saturated carbocycles. The van der Waals surface area contributed by atoms with Gasteiger partial charge in [0.25, 0.3) is 5.95 Å². The SMILES string of the molecule is CC(=O)SCC(Cc1ccccc1)C(=O)Nc1nnn(CC(=O)NC(Cc2ccccc2)C(=O)O)n1. The number of rotatable bonds is 12. The predicted molar refractivity (Wildman–Crippen MR) is 133 cm³/mol. The van der Waals surface area contributed by atoms with Crippen LogP contribution in [0.15, 0.2) is 60.7 Å². The highest BCUT2D eigenvalue weighted by molar-refractivity contribution is 8.13. The molecule has 2 amide bonds. The molecular formula is C24H26N6O5S. The molecule has 0 aliphatic rings. The number of aromatic nitrogens is 4. The van der Waals surface area contributed by atoms with Crippen molar-refractivity contribution in [3.05, 3.63) is 71.8 Å². The molecule has 0 aliphatic carbocycles. The first-order chi connectivity index (χ1) is 17.3. The maximum absolute atomic E-state index is 12.9. The van der Waals surface area contributed by atoms with E-state index < -0.39 is 23.8 Å². The van der Waals surface area contributed by atoms with Crippen LogP contribution in [-0.2, 0) is 38.6 Å². The minimum Gasteiger partial charge on any atom is -0.480 e. The summed E-state index contributed by atoms with van der Waals surface area (Å²) in [5, 5.41) is 25.9. The van der Waals surface area contributed by atoms with Crippen LogP contribution in [-0.4, -0.2) is 60.0 Å². The maximum atomic E-state index is 12.9. The molecule has 0 radical (unpaired) electrons. The van der Waals surface area contributed by atoms with Crippen molar-refractivity contribution in [2.45, 2.75) is 32.4 Å². The molecule has 0 bridgehead atoms. The lowest BCUT2D eigenvalue weighted by atomic mass is 10.0. The molecule has 3 rings (SSSR count). The molecule has 2 unspecified atom stereocenters. The van der Waals surface area contributed by atoms with Gasteiger partial charge < -0.3 is 10.4 Å². The topological polar surface area (TPSA) is 156 Å². The molecule has 1 aromatic heterocycles. The van der Waals surface area contributed by atoms with Crippen molar-refractivity contribution in [1.29, 1.82) is 0 Å². The number of hydrogen-bond donors (Lipinski definition) is 3. The van der Waals surface area contributed by atoms with Crippen molar-refractivity contribution < 1.29 is 24.3 Å². The molecule has 1 heterocycles. The van der Waals surface area contributed by atoms with Crippen LogP contribution < -0.4 is 10.6 Å². The monoisotopic (exact) mass is 510 g/mol. The number of carboxylic acids is 1. The normalized spacial score (nSPS) is 12.4. The van der Waals surface area contributed by atoms with Gasteiger partial charge in [-0.3, -0.25) is 19.7 Å². The van der Waals surface area contributed by atoms with Crippen LogP contribution in [0.2, 0.25) is 0 Å². The Labute approximate surface area is 211 Å². The van der Waals surface area contributed by atoms with Crippen LogP contribution in [0.3, 0.4) is 0 Å². The van der Waals surface area contributed by atoms with Crippen molar-refractivity contribution in [2.24, 2.45) is 5.92 Å². The van der Waals surface area contributed by atoms with Crippen LogP contribution in [0.25, 0.3) is 0 Å². The number of aliphatic carboxylic acids is 1. The molecule has 0 aliphatic heterocycles. The molecule has 3 aromatic rings. The lowest BCUT2D eigenvalue weighted by Gasteiger charge is -2.15. The van der Waals surface area contributed by atoms with Gasteiger partial charge in [-0.2, -0.15) is 4.80 Å². The zero-order chi connectivity index (χ0) is 25.9. The summed E-state index contributed by atoms with van der Waals surface area (Å²) in [4.78, 5) is 49.2. The Bertz CT molecular complexity index is 1190. The van der Waals surface area contributed by atoms with Crippen molar-refractivity contribution >= 4 is 40.6 Å². The van der Waals surface area contributed by atoms with E-state index in [0.29, 0.717) is 6.42 Å². The van der Waals surface area contributed by atoms with Gasteiger partial charge in [0.2, 0.25) is 11.8 Å². The second-order valence-electron chi connectivity index (χ2n) is 7.97. The summed E-state index contributed by atoms with van der Waals surface area (Å²) in [6.07, 6.45) is 0.538. The number of hydrogen-bond acceptors (Lipinski definition) is 8. The molecule has 2 aromatic carbocycles. The lowest BCUT2D eigenvalue weighted by molar-refractivity contribution is -0.142. The maximum Gasteiger partial charge on any atom is 0.326 e. The number of anilines is 1. The summed E-state index contributed by atoms with van der Waals surface area (Å²) < 4.78 is 0. The fourth-order valence-electron chi connectivity index (χ4n) is 3.33. The Hall–Kier alpha value is -4.06. The number of amides is 2. The Morgan fingerprint density at radius 3 is 2.17 bits per heavy atom. The summed E-state index contributed by atoms with van der Waals surface area (Å²) in [5.74, 6) is -2.51. The molecule has 3 N–H and O–H groups in total. The lowest BCUT2D eigenvalue weighted by Crippen LogP contribution is -2.43. The number of carbonyl (C=O) groups is 4. The van der Waals surface area contributed by atoms with Gasteiger partial charge in [0.1, 0.15) is 12.6 Å². The number of nitrogens with one attached hydrogen (secondary N) is 2. The van der Waals surface area contributed by atoms with Crippen LogP contribution in [0.5, 0.6) is 0 Å². The second kappa shape index (κ2) is 13.1. The van der Waals surface area contributed by atoms with Gasteiger partial charge in [-0.25, -0.2) is 4.79 Å². The standard InChI is InChI=1S/C24H26N6O5S/c1-16(31)36-15-19(12-17-8-4-2-5-9-17)22(33)26-24-27-29-30(28-24)14-21(32)25-20(23(34)35)13-18-10-6-3-7-11-18/h2-11,19-20H,12-15H2,1H3,(H,25,32)(H,34,35)(H,26,28,33). The smallest absolute Gasteiger partial charge is 0.326 e. The summed E-state index contributed by atoms with van der Waals surface area (Å²) in [6, 6.07) is 17.2. The van der Waals surface area contributed by atoms with E-state index >= 15 is 0 Å². The van der Waals surface area contributed by atoms with Gasteiger partial charge in [0.15, 0.2) is 5.12 Å². The zero-order valence-electron chi connectivity index (χ0n) is 19.5. The molecule has 188 valence electrons. The van der Waals surface area contributed by atoms with E-state index in [1.807, 2.05) is 36.4 Å². The zero-order valence-corrected chi connectivity index (χ0v) is 20.4. The van der Waals surface area contributed by atoms with Gasteiger partial charge >= 0.3 is 5.97 Å². The Morgan fingerprint density at radius 1 is 0.972 bits per heavy atom. The van der Waals surface area contributed by atoms with Gasteiger partial charge in [-0.1, -0.05) is 77.5 Å². The molecule has 0 fully saturated rings. The van der Waals surface area contributed by atoms with Crippen molar-refractivity contribution in [3.8, 4) is 0 Å². The summed E-state index contributed by atoms with van der Waals surface area (Å²) in [7, 11) is 0. The van der Waals surface area contributed by atoms with Crippen LogP contribution in [0, 0.1) is 5.92 Å². The number of tetrazole rings is 1. The highest BCUT2D eigenvalue weighted by atomic mass is 32.2. The largest absolute Gasteiger partial charge is 0.480 e. The number of nitrogens with zero attached hydrogens (tertiary/aromatic N) is 4. The quantitative estimate of drug-likeness (QED) is 0.329. The average Bonchev–Trinajstić information content (AvgIpc) is 3.28. The molecule has 2 atom stereocenters. The molecular weight excluding hydrogens is 484 g/mol. The highest BCUT2D eigenvalue weighted by Gasteiger charge is 2.23. The van der Waals surface area contributed by atoms with Crippen LogP contribution in [0.4, 0.5) is 5.95 Å². The molecule has 0 spiro atoms. The molecule has 36 heavy (non-hydrogen) atoms. The van der Waals surface area contributed by atoms with Gasteiger partial charge in [0.05, 0.1) is 5.92 Å². The number of carbonyl (C=O) groups excluding carboxylic acids is 3. The Balaban J connectivity index is 1.58. The third-order valence-corrected chi connectivity index (χ3v) is 6.05. The minimum absolute atomic E-state index is 0.0946. The second-order valence-corrected chi connectivity index (χ2v) is 9.17. The van der Waals surface area contributed by atoms with Gasteiger partial charge in [-0.15, -0.1) is 5.10 Å². The number of thioether (sulfide) groups is 1. The van der Waals surface area contributed by atoms with E-state index in [2.05, 4.69) is 26.0 Å². The van der Waals surface area contributed by atoms with E-state index in [1.165, 1.54) is 6.92 Å². The highest BCUT2D eigenvalue weighted by Crippen LogP contribution is 2.17. The summed E-state index contributed by atoms with van der Waals surface area (Å²) >= 11 is 1.06. The average molecular weight is 511 g/mol. The molecule has 11 nitrogen and oxygen atoms in total.